The van der Waals surface area contributed by atoms with Crippen LogP contribution >= 0.6 is 0 Å². The van der Waals surface area contributed by atoms with E-state index in [-0.39, 0.29) is 5.91 Å². The Morgan fingerprint density at radius 1 is 1.00 bits per heavy atom. The summed E-state index contributed by atoms with van der Waals surface area (Å²) in [6.45, 7) is 0.606. The van der Waals surface area contributed by atoms with E-state index in [4.69, 9.17) is 4.74 Å². The molecule has 2 aromatic heterocycles. The summed E-state index contributed by atoms with van der Waals surface area (Å²) in [4.78, 5) is 15.6. The molecule has 0 aliphatic carbocycles. The summed E-state index contributed by atoms with van der Waals surface area (Å²) < 4.78 is 5.84. The molecule has 0 fully saturated rings. The second-order valence-electron chi connectivity index (χ2n) is 7.76. The molecule has 7 nitrogen and oxygen atoms in total. The highest BCUT2D eigenvalue weighted by Crippen LogP contribution is 2.21. The van der Waals surface area contributed by atoms with Gasteiger partial charge >= 0.3 is 0 Å². The van der Waals surface area contributed by atoms with Crippen LogP contribution in [0.15, 0.2) is 96.2 Å². The fourth-order valence-electron chi connectivity index (χ4n) is 3.66. The third-order valence-corrected chi connectivity index (χ3v) is 5.47. The molecular weight excluding hydrogens is 426 g/mol. The Bertz CT molecular complexity index is 1420. The van der Waals surface area contributed by atoms with E-state index < -0.39 is 0 Å². The number of benzene rings is 3. The Labute approximate surface area is 196 Å². The average molecular weight is 450 g/mol. The minimum absolute atomic E-state index is 0.328. The number of fused-ring (bicyclic) bond motifs is 1. The van der Waals surface area contributed by atoms with Crippen molar-refractivity contribution in [3.05, 3.63) is 108 Å². The molecule has 0 aliphatic heterocycles. The number of hydrazone groups is 1. The van der Waals surface area contributed by atoms with Crippen molar-refractivity contribution in [3.63, 3.8) is 0 Å². The lowest BCUT2D eigenvalue weighted by Gasteiger charge is -2.06. The van der Waals surface area contributed by atoms with Gasteiger partial charge in [0.05, 0.1) is 18.5 Å². The number of aromatic amines is 2. The summed E-state index contributed by atoms with van der Waals surface area (Å²) in [5, 5.41) is 12.1. The first-order valence-corrected chi connectivity index (χ1v) is 11.0. The van der Waals surface area contributed by atoms with Crippen LogP contribution in [0.3, 0.4) is 0 Å². The number of rotatable bonds is 8. The van der Waals surface area contributed by atoms with Gasteiger partial charge in [0.1, 0.15) is 11.4 Å². The van der Waals surface area contributed by atoms with Gasteiger partial charge in [0.25, 0.3) is 5.91 Å². The molecule has 0 saturated heterocycles. The van der Waals surface area contributed by atoms with Crippen LogP contribution in [-0.4, -0.2) is 33.9 Å². The molecule has 5 rings (SSSR count). The van der Waals surface area contributed by atoms with Crippen molar-refractivity contribution in [3.8, 4) is 17.0 Å². The van der Waals surface area contributed by atoms with E-state index in [0.29, 0.717) is 18.0 Å². The fraction of sp³-hybridized carbons (Fsp3) is 0.0741. The minimum atomic E-state index is -0.365. The molecule has 0 bridgehead atoms. The lowest BCUT2D eigenvalue weighted by molar-refractivity contribution is 0.0950. The van der Waals surface area contributed by atoms with Gasteiger partial charge < -0.3 is 9.72 Å². The largest absolute Gasteiger partial charge is 0.493 e. The molecule has 0 unspecified atom stereocenters. The smallest absolute Gasteiger partial charge is 0.289 e. The summed E-state index contributed by atoms with van der Waals surface area (Å²) >= 11 is 0. The molecule has 0 radical (unpaired) electrons. The number of nitrogens with zero attached hydrogens (tertiary/aromatic N) is 2. The van der Waals surface area contributed by atoms with Crippen molar-refractivity contribution >= 4 is 23.0 Å². The second-order valence-corrected chi connectivity index (χ2v) is 7.76. The molecule has 0 spiro atoms. The molecule has 5 aromatic rings. The number of ether oxygens (including phenoxy) is 1. The Hall–Kier alpha value is -4.65. The lowest BCUT2D eigenvalue weighted by Crippen LogP contribution is -2.17. The zero-order chi connectivity index (χ0) is 23.2. The molecule has 1 amide bonds. The van der Waals surface area contributed by atoms with Gasteiger partial charge in [-0.25, -0.2) is 5.43 Å². The van der Waals surface area contributed by atoms with E-state index >= 15 is 0 Å². The van der Waals surface area contributed by atoms with Gasteiger partial charge in [0.2, 0.25) is 0 Å². The molecule has 34 heavy (non-hydrogen) atoms. The van der Waals surface area contributed by atoms with E-state index in [0.717, 1.165) is 34.2 Å². The number of aromatic nitrogens is 3. The van der Waals surface area contributed by atoms with Gasteiger partial charge in [-0.1, -0.05) is 48.5 Å². The van der Waals surface area contributed by atoms with Crippen LogP contribution in [0.1, 0.15) is 21.6 Å². The zero-order valence-electron chi connectivity index (χ0n) is 18.4. The molecule has 168 valence electrons. The molecule has 3 aromatic carbocycles. The quantitative estimate of drug-likeness (QED) is 0.231. The van der Waals surface area contributed by atoms with Crippen LogP contribution in [0.4, 0.5) is 0 Å². The molecule has 7 heteroatoms. The predicted octanol–water partition coefficient (Wildman–Crippen LogP) is 4.94. The van der Waals surface area contributed by atoms with Crippen LogP contribution in [0.5, 0.6) is 5.75 Å². The summed E-state index contributed by atoms with van der Waals surface area (Å²) in [7, 11) is 0. The lowest BCUT2D eigenvalue weighted by atomic mass is 10.1. The molecule has 0 saturated carbocycles. The first kappa shape index (κ1) is 21.2. The van der Waals surface area contributed by atoms with Crippen LogP contribution in [0.2, 0.25) is 0 Å². The average Bonchev–Trinajstić information content (AvgIpc) is 3.53. The van der Waals surface area contributed by atoms with Crippen LogP contribution in [0, 0.1) is 0 Å². The van der Waals surface area contributed by atoms with Crippen molar-refractivity contribution in [2.45, 2.75) is 6.42 Å². The van der Waals surface area contributed by atoms with Crippen LogP contribution in [0.25, 0.3) is 22.2 Å². The van der Waals surface area contributed by atoms with Crippen molar-refractivity contribution in [1.29, 1.82) is 0 Å². The molecule has 2 heterocycles. The SMILES string of the molecule is O=C(NN=Cc1c[nH]c2ccccc12)c1cc(-c2ccc(OCCc3ccccc3)cc2)n[nH]1. The number of amides is 1. The zero-order valence-corrected chi connectivity index (χ0v) is 18.4. The van der Waals surface area contributed by atoms with Crippen molar-refractivity contribution < 1.29 is 9.53 Å². The van der Waals surface area contributed by atoms with Crippen molar-refractivity contribution in [2.24, 2.45) is 5.10 Å². The molecule has 3 N–H and O–H groups in total. The number of carbonyl (C=O) groups is 1. The van der Waals surface area contributed by atoms with Crippen LogP contribution in [-0.2, 0) is 6.42 Å². The molecule has 0 aliphatic rings. The van der Waals surface area contributed by atoms with Gasteiger partial charge in [-0.3, -0.25) is 9.89 Å². The Kier molecular flexibility index (Phi) is 6.16. The van der Waals surface area contributed by atoms with E-state index in [1.165, 1.54) is 5.56 Å². The van der Waals surface area contributed by atoms with Gasteiger partial charge in [-0.2, -0.15) is 10.2 Å². The summed E-state index contributed by atoms with van der Waals surface area (Å²) in [5.41, 5.74) is 7.57. The highest BCUT2D eigenvalue weighted by molar-refractivity contribution is 6.00. The third-order valence-electron chi connectivity index (χ3n) is 5.47. The van der Waals surface area contributed by atoms with Crippen LogP contribution < -0.4 is 10.2 Å². The normalized spacial score (nSPS) is 11.2. The van der Waals surface area contributed by atoms with Crippen molar-refractivity contribution in [1.82, 2.24) is 20.6 Å². The third kappa shape index (κ3) is 4.88. The highest BCUT2D eigenvalue weighted by atomic mass is 16.5. The van der Waals surface area contributed by atoms with Gasteiger partial charge in [-0.05, 0) is 42.0 Å². The maximum absolute atomic E-state index is 12.4. The van der Waals surface area contributed by atoms with Gasteiger partial charge in [0.15, 0.2) is 0 Å². The topological polar surface area (TPSA) is 95.2 Å². The Morgan fingerprint density at radius 2 is 1.79 bits per heavy atom. The Morgan fingerprint density at radius 3 is 2.65 bits per heavy atom. The molecule has 0 atom stereocenters. The number of para-hydroxylation sites is 1. The maximum Gasteiger partial charge on any atom is 0.289 e. The van der Waals surface area contributed by atoms with E-state index in [1.807, 2.05) is 72.9 Å². The first-order chi connectivity index (χ1) is 16.8. The highest BCUT2D eigenvalue weighted by Gasteiger charge is 2.11. The summed E-state index contributed by atoms with van der Waals surface area (Å²) in [5.74, 6) is 0.426. The summed E-state index contributed by atoms with van der Waals surface area (Å²) in [6.07, 6.45) is 4.32. The molecular formula is C27H23N5O2. The number of hydrogen-bond acceptors (Lipinski definition) is 4. The van der Waals surface area contributed by atoms with Gasteiger partial charge in [-0.15, -0.1) is 0 Å². The summed E-state index contributed by atoms with van der Waals surface area (Å²) in [6, 6.07) is 27.5. The number of nitrogens with one attached hydrogen (secondary N) is 3. The predicted molar refractivity (Wildman–Crippen MR) is 133 cm³/mol. The second kappa shape index (κ2) is 9.87. The standard InChI is InChI=1S/C27H23N5O2/c33-27(32-29-18-21-17-28-24-9-5-4-8-23(21)24)26-16-25(30-31-26)20-10-12-22(13-11-20)34-15-14-19-6-2-1-3-7-19/h1-13,16-18,28H,14-15H2,(H,30,31)(H,32,33). The van der Waals surface area contributed by atoms with E-state index in [2.05, 4.69) is 37.8 Å². The van der Waals surface area contributed by atoms with Gasteiger partial charge in [0, 0.05) is 34.6 Å². The first-order valence-electron chi connectivity index (χ1n) is 11.0. The maximum atomic E-state index is 12.4. The fourth-order valence-corrected chi connectivity index (χ4v) is 3.66. The number of H-pyrrole nitrogens is 2. The van der Waals surface area contributed by atoms with E-state index in [1.54, 1.807) is 12.3 Å². The number of carbonyl (C=O) groups excluding carboxylic acids is 1. The Balaban J connectivity index is 1.16. The van der Waals surface area contributed by atoms with Crippen molar-refractivity contribution in [2.75, 3.05) is 6.61 Å². The van der Waals surface area contributed by atoms with E-state index in [9.17, 15) is 4.79 Å². The number of hydrogen-bond donors (Lipinski definition) is 3. The minimum Gasteiger partial charge on any atom is -0.493 e. The monoisotopic (exact) mass is 449 g/mol.